The molecule has 13 heavy (non-hydrogen) atoms. The van der Waals surface area contributed by atoms with E-state index in [1.807, 2.05) is 0 Å². The van der Waals surface area contributed by atoms with Crippen LogP contribution in [0.5, 0.6) is 0 Å². The van der Waals surface area contributed by atoms with E-state index in [9.17, 15) is 0 Å². The average Bonchev–Trinajstić information content (AvgIpc) is 2.56. The minimum atomic E-state index is 0.890. The highest BCUT2D eigenvalue weighted by atomic mass is 14.4. The highest BCUT2D eigenvalue weighted by Gasteiger charge is 2.33. The minimum absolute atomic E-state index is 0.890. The van der Waals surface area contributed by atoms with Gasteiger partial charge in [-0.1, -0.05) is 24.3 Å². The maximum Gasteiger partial charge on any atom is -0.0127 e. The fourth-order valence-electron chi connectivity index (χ4n) is 3.03. The van der Waals surface area contributed by atoms with Crippen LogP contribution in [0.3, 0.4) is 0 Å². The highest BCUT2D eigenvalue weighted by molar-refractivity contribution is 5.36. The summed E-state index contributed by atoms with van der Waals surface area (Å²) in [5.41, 5.74) is 3.27. The molecule has 0 bridgehead atoms. The van der Waals surface area contributed by atoms with Gasteiger partial charge < -0.3 is 0 Å². The van der Waals surface area contributed by atoms with Crippen LogP contribution in [0, 0.1) is 12.3 Å². The summed E-state index contributed by atoms with van der Waals surface area (Å²) < 4.78 is 0. The van der Waals surface area contributed by atoms with Crippen LogP contribution < -0.4 is 0 Å². The Morgan fingerprint density at radius 2 is 2.08 bits per heavy atom. The summed E-state index contributed by atoms with van der Waals surface area (Å²) in [6.45, 7) is 0. The molecule has 1 aromatic rings. The first-order valence-corrected chi connectivity index (χ1v) is 5.34. The lowest BCUT2D eigenvalue weighted by Gasteiger charge is -2.25. The standard InChI is InChI=1S/C13H15/c1-3-7-12-10(5-1)9-11-6-2-4-8-13(11)12/h1-3,5,7,11,13H,4,6,8-9H2. The van der Waals surface area contributed by atoms with Crippen molar-refractivity contribution in [3.05, 3.63) is 41.8 Å². The van der Waals surface area contributed by atoms with Crippen LogP contribution in [-0.4, -0.2) is 0 Å². The number of fused-ring (bicyclic) bond motifs is 3. The lowest BCUT2D eigenvalue weighted by atomic mass is 9.80. The van der Waals surface area contributed by atoms with Gasteiger partial charge in [0.15, 0.2) is 0 Å². The van der Waals surface area contributed by atoms with Gasteiger partial charge in [0.05, 0.1) is 0 Å². The predicted octanol–water partition coefficient (Wildman–Crippen LogP) is 3.33. The van der Waals surface area contributed by atoms with E-state index in [2.05, 4.69) is 30.7 Å². The third-order valence-corrected chi connectivity index (χ3v) is 3.66. The molecule has 67 valence electrons. The van der Waals surface area contributed by atoms with Gasteiger partial charge in [-0.25, -0.2) is 0 Å². The highest BCUT2D eigenvalue weighted by Crippen LogP contribution is 2.45. The molecule has 3 rings (SSSR count). The first kappa shape index (κ1) is 7.61. The molecule has 0 N–H and O–H groups in total. The predicted molar refractivity (Wildman–Crippen MR) is 54.5 cm³/mol. The zero-order valence-corrected chi connectivity index (χ0v) is 7.87. The molecule has 0 spiro atoms. The van der Waals surface area contributed by atoms with Crippen LogP contribution in [-0.2, 0) is 6.42 Å². The summed E-state index contributed by atoms with van der Waals surface area (Å²) in [5.74, 6) is 1.83. The van der Waals surface area contributed by atoms with Crippen molar-refractivity contribution >= 4 is 0 Å². The van der Waals surface area contributed by atoms with Crippen molar-refractivity contribution in [3.63, 3.8) is 0 Å². The van der Waals surface area contributed by atoms with Gasteiger partial charge in [-0.05, 0) is 55.1 Å². The molecule has 0 nitrogen and oxygen atoms in total. The Kier molecular flexibility index (Phi) is 1.68. The number of hydrogen-bond donors (Lipinski definition) is 0. The molecule has 2 atom stereocenters. The normalized spacial score (nSPS) is 31.1. The van der Waals surface area contributed by atoms with Crippen molar-refractivity contribution in [2.24, 2.45) is 5.92 Å². The Balaban J connectivity index is 2.01. The van der Waals surface area contributed by atoms with Crippen molar-refractivity contribution in [3.8, 4) is 0 Å². The van der Waals surface area contributed by atoms with Crippen molar-refractivity contribution in [2.75, 3.05) is 0 Å². The van der Waals surface area contributed by atoms with Gasteiger partial charge in [-0.3, -0.25) is 0 Å². The second-order valence-electron chi connectivity index (χ2n) is 4.37. The van der Waals surface area contributed by atoms with Gasteiger partial charge in [0.2, 0.25) is 0 Å². The SMILES string of the molecule is [CH]1CCC2c3ccccc3CC2C1. The van der Waals surface area contributed by atoms with Crippen molar-refractivity contribution in [1.29, 1.82) is 0 Å². The van der Waals surface area contributed by atoms with E-state index in [1.54, 1.807) is 11.1 Å². The van der Waals surface area contributed by atoms with Crippen LogP contribution in [0.4, 0.5) is 0 Å². The summed E-state index contributed by atoms with van der Waals surface area (Å²) in [4.78, 5) is 0. The Morgan fingerprint density at radius 1 is 1.15 bits per heavy atom. The van der Waals surface area contributed by atoms with Crippen molar-refractivity contribution in [1.82, 2.24) is 0 Å². The molecule has 1 saturated carbocycles. The van der Waals surface area contributed by atoms with E-state index >= 15 is 0 Å². The molecule has 0 amide bonds. The van der Waals surface area contributed by atoms with E-state index in [1.165, 1.54) is 25.7 Å². The van der Waals surface area contributed by atoms with Gasteiger partial charge in [-0.2, -0.15) is 0 Å². The van der Waals surface area contributed by atoms with E-state index in [0.29, 0.717) is 0 Å². The molecule has 1 aromatic carbocycles. The second kappa shape index (κ2) is 2.87. The Hall–Kier alpha value is -0.780. The fourth-order valence-corrected chi connectivity index (χ4v) is 3.03. The Morgan fingerprint density at radius 3 is 3.08 bits per heavy atom. The maximum atomic E-state index is 2.48. The van der Waals surface area contributed by atoms with E-state index < -0.39 is 0 Å². The molecule has 1 fully saturated rings. The van der Waals surface area contributed by atoms with Crippen LogP contribution in [0.1, 0.15) is 36.3 Å². The largest absolute Gasteiger partial charge is 0.0620 e. The van der Waals surface area contributed by atoms with Crippen LogP contribution >= 0.6 is 0 Å². The summed E-state index contributed by atoms with van der Waals surface area (Å²) in [5, 5.41) is 0. The molecule has 2 aliphatic rings. The topological polar surface area (TPSA) is 0 Å². The quantitative estimate of drug-likeness (QED) is 0.561. The van der Waals surface area contributed by atoms with Crippen molar-refractivity contribution in [2.45, 2.75) is 31.6 Å². The summed E-state index contributed by atoms with van der Waals surface area (Å²) in [6.07, 6.45) is 7.88. The summed E-state index contributed by atoms with van der Waals surface area (Å²) >= 11 is 0. The fraction of sp³-hybridized carbons (Fsp3) is 0.462. The monoisotopic (exact) mass is 171 g/mol. The van der Waals surface area contributed by atoms with Crippen LogP contribution in [0.15, 0.2) is 24.3 Å². The van der Waals surface area contributed by atoms with E-state index in [4.69, 9.17) is 0 Å². The zero-order valence-electron chi connectivity index (χ0n) is 7.87. The van der Waals surface area contributed by atoms with Gasteiger partial charge in [0.25, 0.3) is 0 Å². The molecular weight excluding hydrogens is 156 g/mol. The van der Waals surface area contributed by atoms with Crippen LogP contribution in [0.25, 0.3) is 0 Å². The summed E-state index contributed by atoms with van der Waals surface area (Å²) in [6, 6.07) is 9.03. The number of hydrogen-bond acceptors (Lipinski definition) is 0. The molecule has 0 aromatic heterocycles. The average molecular weight is 171 g/mol. The second-order valence-corrected chi connectivity index (χ2v) is 4.37. The Bertz CT molecular complexity index is 314. The minimum Gasteiger partial charge on any atom is -0.0620 e. The molecule has 0 heterocycles. The number of rotatable bonds is 0. The molecule has 0 heteroatoms. The molecule has 2 unspecified atom stereocenters. The molecule has 1 radical (unpaired) electrons. The molecule has 2 aliphatic carbocycles. The number of benzene rings is 1. The van der Waals surface area contributed by atoms with Gasteiger partial charge in [0, 0.05) is 0 Å². The van der Waals surface area contributed by atoms with E-state index in [0.717, 1.165) is 11.8 Å². The lowest BCUT2D eigenvalue weighted by Crippen LogP contribution is -2.13. The molecule has 0 aliphatic heterocycles. The van der Waals surface area contributed by atoms with Crippen molar-refractivity contribution < 1.29 is 0 Å². The first-order chi connectivity index (χ1) is 6.45. The lowest BCUT2D eigenvalue weighted by molar-refractivity contribution is 0.381. The molecule has 0 saturated heterocycles. The smallest absolute Gasteiger partial charge is 0.0127 e. The van der Waals surface area contributed by atoms with Crippen LogP contribution in [0.2, 0.25) is 0 Å². The zero-order chi connectivity index (χ0) is 8.67. The first-order valence-electron chi connectivity index (χ1n) is 5.34. The molecular formula is C13H15. The Labute approximate surface area is 80.0 Å². The van der Waals surface area contributed by atoms with E-state index in [-0.39, 0.29) is 0 Å². The van der Waals surface area contributed by atoms with Gasteiger partial charge >= 0.3 is 0 Å². The third kappa shape index (κ3) is 1.12. The van der Waals surface area contributed by atoms with Gasteiger partial charge in [-0.15, -0.1) is 0 Å². The van der Waals surface area contributed by atoms with Gasteiger partial charge in [0.1, 0.15) is 0 Å². The summed E-state index contributed by atoms with van der Waals surface area (Å²) in [7, 11) is 0. The third-order valence-electron chi connectivity index (χ3n) is 3.66. The maximum absolute atomic E-state index is 2.48.